The molecule has 0 rings (SSSR count). The van der Waals surface area contributed by atoms with Crippen LogP contribution in [0.15, 0.2) is 0 Å². The van der Waals surface area contributed by atoms with Gasteiger partial charge in [0.1, 0.15) is 0 Å². The van der Waals surface area contributed by atoms with Gasteiger partial charge in [0.05, 0.1) is 0 Å². The number of rotatable bonds is 0. The van der Waals surface area contributed by atoms with Crippen molar-refractivity contribution >= 4 is 15.2 Å². The molecule has 8 heteroatoms. The summed E-state index contributed by atoms with van der Waals surface area (Å²) in [5.41, 5.74) is 8.50. The summed E-state index contributed by atoms with van der Waals surface area (Å²) in [6.45, 7) is 0. The van der Waals surface area contributed by atoms with Gasteiger partial charge in [0.15, 0.2) is 0 Å². The molecule has 0 unspecified atom stereocenters. The van der Waals surface area contributed by atoms with E-state index in [0.29, 0.717) is 0 Å². The fraction of sp³-hybridized carbons (Fsp3) is 0. The molecule has 0 aromatic rings. The van der Waals surface area contributed by atoms with Gasteiger partial charge in [-0.2, -0.15) is 0 Å². The van der Waals surface area contributed by atoms with E-state index in [9.17, 15) is 4.11 Å². The fourth-order valence-electron chi connectivity index (χ4n) is 0. The predicted molar refractivity (Wildman–Crippen MR) is 27.3 cm³/mol. The van der Waals surface area contributed by atoms with Gasteiger partial charge in [-0.25, -0.2) is 8.90 Å². The molecule has 0 aromatic heterocycles. The van der Waals surface area contributed by atoms with Crippen LogP contribution in [0.1, 0.15) is 0 Å². The number of hydrogen-bond donors (Lipinski definition) is 5. The second-order valence-electron chi connectivity index (χ2n) is 0.956. The molecule has 0 spiro atoms. The van der Waals surface area contributed by atoms with Crippen LogP contribution in [-0.4, -0.2) is 29.6 Å². The summed E-state index contributed by atoms with van der Waals surface area (Å²) in [7, 11) is -5.11. The lowest BCUT2D eigenvalue weighted by atomic mass is 11.2. The van der Waals surface area contributed by atoms with Crippen molar-refractivity contribution in [2.45, 2.75) is 0 Å². The third-order valence-corrected chi connectivity index (χ3v) is 0. The Labute approximate surface area is 51.1 Å². The first-order chi connectivity index (χ1) is 3.73. The van der Waals surface area contributed by atoms with Gasteiger partial charge in [-0.1, -0.05) is 0 Å². The third-order valence-electron chi connectivity index (χ3n) is 0. The number of hydrogen-bond acceptors (Lipinski definition) is 4. The van der Waals surface area contributed by atoms with E-state index in [2.05, 4.69) is 11.5 Å². The highest BCUT2D eigenvalue weighted by Gasteiger charge is 2.26. The predicted octanol–water partition coefficient (Wildman–Crippen LogP) is -2.61. The van der Waals surface area contributed by atoms with Crippen LogP contribution in [0.25, 0.3) is 0 Å². The largest absolute Gasteiger partial charge is 0.711 e. The zero-order valence-corrected chi connectivity index (χ0v) is 5.28. The van der Waals surface area contributed by atoms with Crippen LogP contribution in [0, 0.1) is 0 Å². The highest BCUT2D eigenvalue weighted by Crippen LogP contribution is 1.79. The molecule has 9 heavy (non-hydrogen) atoms. The minimum atomic E-state index is -5.11. The standard InChI is InChI=1S/CH4N2O.FH3O3Si/c2-1(3)4;1-5(2,3)4/h(H4,2,3,4);2-4H. The average Bonchev–Trinajstić information content (AvgIpc) is 1.19. The van der Waals surface area contributed by atoms with Gasteiger partial charge in [-0.05, 0) is 0 Å². The van der Waals surface area contributed by atoms with E-state index in [1.807, 2.05) is 0 Å². The molecule has 0 radical (unpaired) electrons. The molecule has 0 saturated carbocycles. The number of carbonyl (C=O) groups excluding carboxylic acids is 1. The van der Waals surface area contributed by atoms with E-state index in [-0.39, 0.29) is 0 Å². The number of amides is 2. The molecule has 0 aliphatic heterocycles. The van der Waals surface area contributed by atoms with Crippen molar-refractivity contribution in [1.82, 2.24) is 0 Å². The van der Waals surface area contributed by atoms with Gasteiger partial charge in [-0.3, -0.25) is 0 Å². The normalized spacial score (nSPS) is 9.33. The molecule has 0 saturated heterocycles. The van der Waals surface area contributed by atoms with Crippen LogP contribution in [0.5, 0.6) is 0 Å². The number of carbonyl (C=O) groups is 1. The second-order valence-corrected chi connectivity index (χ2v) is 2.06. The lowest BCUT2D eigenvalue weighted by molar-refractivity contribution is 0.165. The zero-order chi connectivity index (χ0) is 8.08. The zero-order valence-electron chi connectivity index (χ0n) is 4.28. The maximum absolute atomic E-state index is 10.5. The van der Waals surface area contributed by atoms with Crippen molar-refractivity contribution in [2.24, 2.45) is 11.5 Å². The summed E-state index contributed by atoms with van der Waals surface area (Å²) in [6.07, 6.45) is 0. The van der Waals surface area contributed by atoms with E-state index in [1.54, 1.807) is 0 Å². The van der Waals surface area contributed by atoms with Crippen LogP contribution in [0.3, 0.4) is 0 Å². The monoisotopic (exact) mass is 158 g/mol. The molecule has 0 aromatic carbocycles. The summed E-state index contributed by atoms with van der Waals surface area (Å²) in [4.78, 5) is 30.3. The average molecular weight is 158 g/mol. The highest BCUT2D eigenvalue weighted by atomic mass is 28.4. The van der Waals surface area contributed by atoms with Crippen molar-refractivity contribution < 1.29 is 23.3 Å². The molecule has 0 aliphatic rings. The topological polar surface area (TPSA) is 130 Å². The van der Waals surface area contributed by atoms with Gasteiger partial charge < -0.3 is 25.9 Å². The summed E-state index contributed by atoms with van der Waals surface area (Å²) >= 11 is 0. The van der Waals surface area contributed by atoms with E-state index in [0.717, 1.165) is 0 Å². The first-order valence-electron chi connectivity index (χ1n) is 1.64. The van der Waals surface area contributed by atoms with Crippen molar-refractivity contribution in [1.29, 1.82) is 0 Å². The highest BCUT2D eigenvalue weighted by molar-refractivity contribution is 6.47. The lowest BCUT2D eigenvalue weighted by Gasteiger charge is -1.87. The van der Waals surface area contributed by atoms with Crippen LogP contribution < -0.4 is 11.5 Å². The van der Waals surface area contributed by atoms with E-state index in [4.69, 9.17) is 19.2 Å². The van der Waals surface area contributed by atoms with E-state index < -0.39 is 15.2 Å². The Bertz CT molecular complexity index is 81.1. The summed E-state index contributed by atoms with van der Waals surface area (Å²) in [5, 5.41) is 0. The molecular weight excluding hydrogens is 151 g/mol. The van der Waals surface area contributed by atoms with Gasteiger partial charge in [0.25, 0.3) is 0 Å². The Kier molecular flexibility index (Phi) is 5.20. The van der Waals surface area contributed by atoms with Crippen molar-refractivity contribution in [3.8, 4) is 0 Å². The van der Waals surface area contributed by atoms with Crippen molar-refractivity contribution in [3.63, 3.8) is 0 Å². The van der Waals surface area contributed by atoms with Crippen molar-refractivity contribution in [3.05, 3.63) is 0 Å². The molecule has 7 N–H and O–H groups in total. The number of nitrogens with two attached hydrogens (primary N) is 2. The van der Waals surface area contributed by atoms with Gasteiger partial charge in [0, 0.05) is 0 Å². The van der Waals surface area contributed by atoms with Gasteiger partial charge in [0.2, 0.25) is 0 Å². The molecule has 0 heterocycles. The Morgan fingerprint density at radius 3 is 1.33 bits per heavy atom. The Hall–Kier alpha value is -0.703. The van der Waals surface area contributed by atoms with Crippen LogP contribution in [0.2, 0.25) is 0 Å². The molecular formula is CH7FN2O4Si. The SMILES string of the molecule is NC(N)=O.O[Si](O)(O)F. The van der Waals surface area contributed by atoms with Gasteiger partial charge >= 0.3 is 15.2 Å². The Morgan fingerprint density at radius 2 is 1.33 bits per heavy atom. The number of primary amides is 2. The summed E-state index contributed by atoms with van der Waals surface area (Å²) < 4.78 is 10.5. The maximum atomic E-state index is 10.5. The second kappa shape index (κ2) is 4.20. The smallest absolute Gasteiger partial charge is 0.365 e. The first kappa shape index (κ1) is 11.1. The van der Waals surface area contributed by atoms with Crippen LogP contribution >= 0.6 is 0 Å². The Balaban J connectivity index is 0. The molecule has 56 valence electrons. The number of urea groups is 1. The molecule has 0 atom stereocenters. The molecule has 2 amide bonds. The summed E-state index contributed by atoms with van der Waals surface area (Å²) in [6, 6.07) is -0.833. The molecule has 0 bridgehead atoms. The minimum absolute atomic E-state index is 0.833. The third kappa shape index (κ3) is 414. The quantitative estimate of drug-likeness (QED) is 0.195. The van der Waals surface area contributed by atoms with E-state index >= 15 is 0 Å². The number of halogens is 1. The van der Waals surface area contributed by atoms with E-state index in [1.165, 1.54) is 0 Å². The molecule has 0 fully saturated rings. The maximum Gasteiger partial charge on any atom is 0.711 e. The van der Waals surface area contributed by atoms with Crippen LogP contribution in [-0.2, 0) is 0 Å². The van der Waals surface area contributed by atoms with Crippen LogP contribution in [0.4, 0.5) is 8.90 Å². The fourth-order valence-corrected chi connectivity index (χ4v) is 0. The Morgan fingerprint density at radius 1 is 1.33 bits per heavy atom. The molecule has 6 nitrogen and oxygen atoms in total. The minimum Gasteiger partial charge on any atom is -0.365 e. The molecule has 0 aliphatic carbocycles. The lowest BCUT2D eigenvalue weighted by Crippen LogP contribution is -2.27. The summed E-state index contributed by atoms with van der Waals surface area (Å²) in [5.74, 6) is 0. The first-order valence-corrected chi connectivity index (χ1v) is 3.36. The van der Waals surface area contributed by atoms with Crippen molar-refractivity contribution in [2.75, 3.05) is 0 Å². The van der Waals surface area contributed by atoms with Gasteiger partial charge in [-0.15, -0.1) is 0 Å².